The first kappa shape index (κ1) is 14.3. The second-order valence-corrected chi connectivity index (χ2v) is 5.91. The van der Waals surface area contributed by atoms with E-state index in [1.807, 2.05) is 0 Å². The van der Waals surface area contributed by atoms with Gasteiger partial charge in [-0.1, -0.05) is 6.92 Å². The third-order valence-electron chi connectivity index (χ3n) is 3.30. The number of amides is 1. The van der Waals surface area contributed by atoms with E-state index in [-0.39, 0.29) is 16.5 Å². The van der Waals surface area contributed by atoms with Crippen LogP contribution in [0.15, 0.2) is 0 Å². The summed E-state index contributed by atoms with van der Waals surface area (Å²) in [4.78, 5) is 17.4. The van der Waals surface area contributed by atoms with Crippen molar-refractivity contribution >= 4 is 17.2 Å². The molecule has 19 heavy (non-hydrogen) atoms. The normalized spacial score (nSPS) is 17.8. The number of carbonyl (C=O) groups is 1. The first-order valence-corrected chi connectivity index (χ1v) is 6.94. The zero-order chi connectivity index (χ0) is 14.2. The van der Waals surface area contributed by atoms with Crippen LogP contribution in [0.1, 0.15) is 40.1 Å². The summed E-state index contributed by atoms with van der Waals surface area (Å²) in [5, 5.41) is -0.946. The van der Waals surface area contributed by atoms with Crippen LogP contribution in [-0.2, 0) is 6.18 Å². The Labute approximate surface area is 113 Å². The van der Waals surface area contributed by atoms with Gasteiger partial charge in [0.2, 0.25) is 0 Å². The van der Waals surface area contributed by atoms with Crippen molar-refractivity contribution in [2.45, 2.75) is 32.9 Å². The van der Waals surface area contributed by atoms with Crippen molar-refractivity contribution in [3.8, 4) is 0 Å². The third-order valence-corrected chi connectivity index (χ3v) is 4.49. The van der Waals surface area contributed by atoms with E-state index in [4.69, 9.17) is 0 Å². The number of piperidine rings is 1. The molecule has 0 radical (unpaired) electrons. The van der Waals surface area contributed by atoms with Gasteiger partial charge in [0.05, 0.1) is 5.69 Å². The summed E-state index contributed by atoms with van der Waals surface area (Å²) in [6, 6.07) is 0. The number of alkyl halides is 3. The zero-order valence-corrected chi connectivity index (χ0v) is 11.6. The van der Waals surface area contributed by atoms with Gasteiger partial charge in [-0.15, -0.1) is 11.3 Å². The standard InChI is InChI=1S/C12H15F3N2OS/c1-7-3-5-17(6-4-7)10(18)9-8(2)16-11(19-9)12(13,14)15/h7H,3-6H2,1-2H3. The average molecular weight is 292 g/mol. The fraction of sp³-hybridized carbons (Fsp3) is 0.667. The zero-order valence-electron chi connectivity index (χ0n) is 10.8. The lowest BCUT2D eigenvalue weighted by Crippen LogP contribution is -2.37. The van der Waals surface area contributed by atoms with Crippen molar-refractivity contribution in [3.05, 3.63) is 15.6 Å². The molecule has 106 valence electrons. The van der Waals surface area contributed by atoms with Gasteiger partial charge in [0.25, 0.3) is 5.91 Å². The number of hydrogen-bond acceptors (Lipinski definition) is 3. The van der Waals surface area contributed by atoms with E-state index in [0.717, 1.165) is 12.8 Å². The summed E-state index contributed by atoms with van der Waals surface area (Å²) in [6.45, 7) is 4.78. The van der Waals surface area contributed by atoms with Crippen LogP contribution in [-0.4, -0.2) is 28.9 Å². The maximum Gasteiger partial charge on any atom is 0.443 e. The number of nitrogens with zero attached hydrogens (tertiary/aromatic N) is 2. The van der Waals surface area contributed by atoms with Gasteiger partial charge < -0.3 is 4.90 Å². The number of carbonyl (C=O) groups excluding carboxylic acids is 1. The highest BCUT2D eigenvalue weighted by atomic mass is 32.1. The van der Waals surface area contributed by atoms with Crippen LogP contribution < -0.4 is 0 Å². The van der Waals surface area contributed by atoms with Crippen molar-refractivity contribution < 1.29 is 18.0 Å². The topological polar surface area (TPSA) is 33.2 Å². The predicted molar refractivity (Wildman–Crippen MR) is 66.2 cm³/mol. The Bertz CT molecular complexity index is 476. The number of likely N-dealkylation sites (tertiary alicyclic amines) is 1. The van der Waals surface area contributed by atoms with E-state index < -0.39 is 11.2 Å². The number of thiazole rings is 1. The van der Waals surface area contributed by atoms with Crippen molar-refractivity contribution in [2.24, 2.45) is 5.92 Å². The molecule has 0 N–H and O–H groups in total. The van der Waals surface area contributed by atoms with Crippen LogP contribution >= 0.6 is 11.3 Å². The van der Waals surface area contributed by atoms with Gasteiger partial charge in [0.1, 0.15) is 4.88 Å². The van der Waals surface area contributed by atoms with E-state index in [2.05, 4.69) is 11.9 Å². The molecule has 0 bridgehead atoms. The summed E-state index contributed by atoms with van der Waals surface area (Å²) in [7, 11) is 0. The Kier molecular flexibility index (Phi) is 3.85. The second kappa shape index (κ2) is 5.11. The molecule has 1 aromatic heterocycles. The van der Waals surface area contributed by atoms with Crippen LogP contribution in [0, 0.1) is 12.8 Å². The minimum atomic E-state index is -4.48. The average Bonchev–Trinajstić information content (AvgIpc) is 2.71. The lowest BCUT2D eigenvalue weighted by atomic mass is 9.99. The van der Waals surface area contributed by atoms with Gasteiger partial charge in [0, 0.05) is 13.1 Å². The maximum atomic E-state index is 12.6. The van der Waals surface area contributed by atoms with Crippen molar-refractivity contribution in [2.75, 3.05) is 13.1 Å². The summed E-state index contributed by atoms with van der Waals surface area (Å²) in [5.74, 6) is 0.245. The molecule has 7 heteroatoms. The van der Waals surface area contributed by atoms with Crippen LogP contribution in [0.5, 0.6) is 0 Å². The first-order valence-electron chi connectivity index (χ1n) is 6.13. The molecule has 1 saturated heterocycles. The molecule has 1 fully saturated rings. The number of aryl methyl sites for hydroxylation is 1. The third kappa shape index (κ3) is 3.08. The predicted octanol–water partition coefficient (Wildman–Crippen LogP) is 3.34. The molecule has 3 nitrogen and oxygen atoms in total. The van der Waals surface area contributed by atoms with E-state index in [1.54, 1.807) is 4.90 Å². The second-order valence-electron chi connectivity index (χ2n) is 4.91. The van der Waals surface area contributed by atoms with E-state index in [1.165, 1.54) is 6.92 Å². The van der Waals surface area contributed by atoms with Crippen LogP contribution in [0.2, 0.25) is 0 Å². The van der Waals surface area contributed by atoms with Gasteiger partial charge in [-0.25, -0.2) is 4.98 Å². The molecule has 0 atom stereocenters. The molecular formula is C12H15F3N2OS. The van der Waals surface area contributed by atoms with Gasteiger partial charge in [-0.3, -0.25) is 4.79 Å². The van der Waals surface area contributed by atoms with Crippen molar-refractivity contribution in [1.29, 1.82) is 0 Å². The summed E-state index contributed by atoms with van der Waals surface area (Å²) >= 11 is 0.442. The smallest absolute Gasteiger partial charge is 0.338 e. The Morgan fingerprint density at radius 3 is 2.42 bits per heavy atom. The van der Waals surface area contributed by atoms with Crippen LogP contribution in [0.3, 0.4) is 0 Å². The molecule has 0 unspecified atom stereocenters. The molecule has 0 aromatic carbocycles. The molecule has 1 amide bonds. The fourth-order valence-corrected chi connectivity index (χ4v) is 2.97. The van der Waals surface area contributed by atoms with E-state index >= 15 is 0 Å². The molecule has 1 aromatic rings. The van der Waals surface area contributed by atoms with Crippen molar-refractivity contribution in [1.82, 2.24) is 9.88 Å². The highest BCUT2D eigenvalue weighted by Crippen LogP contribution is 2.34. The SMILES string of the molecule is Cc1nc(C(F)(F)F)sc1C(=O)N1CCC(C)CC1. The molecule has 1 aliphatic rings. The van der Waals surface area contributed by atoms with E-state index in [9.17, 15) is 18.0 Å². The summed E-state index contributed by atoms with van der Waals surface area (Å²) in [5.41, 5.74) is 0.168. The quantitative estimate of drug-likeness (QED) is 0.795. The highest BCUT2D eigenvalue weighted by molar-refractivity contribution is 7.13. The van der Waals surface area contributed by atoms with Gasteiger partial charge in [-0.05, 0) is 25.7 Å². The summed E-state index contributed by atoms with van der Waals surface area (Å²) < 4.78 is 37.7. The minimum absolute atomic E-state index is 0.113. The number of hydrogen-bond donors (Lipinski definition) is 0. The molecule has 0 spiro atoms. The lowest BCUT2D eigenvalue weighted by molar-refractivity contribution is -0.137. The maximum absolute atomic E-state index is 12.6. The molecular weight excluding hydrogens is 277 g/mol. The molecule has 2 rings (SSSR count). The Hall–Kier alpha value is -1.11. The molecule has 0 aliphatic carbocycles. The summed E-state index contributed by atoms with van der Waals surface area (Å²) in [6.07, 6.45) is -2.68. The molecule has 0 saturated carbocycles. The highest BCUT2D eigenvalue weighted by Gasteiger charge is 2.37. The van der Waals surface area contributed by atoms with Crippen molar-refractivity contribution in [3.63, 3.8) is 0 Å². The molecule has 2 heterocycles. The Morgan fingerprint density at radius 2 is 1.95 bits per heavy atom. The Morgan fingerprint density at radius 1 is 1.37 bits per heavy atom. The number of aromatic nitrogens is 1. The first-order chi connectivity index (χ1) is 8.79. The minimum Gasteiger partial charge on any atom is -0.338 e. The van der Waals surface area contributed by atoms with Gasteiger partial charge >= 0.3 is 6.18 Å². The Balaban J connectivity index is 2.18. The number of halogens is 3. The van der Waals surface area contributed by atoms with Gasteiger partial charge in [-0.2, -0.15) is 13.2 Å². The van der Waals surface area contributed by atoms with Crippen LogP contribution in [0.4, 0.5) is 13.2 Å². The lowest BCUT2D eigenvalue weighted by Gasteiger charge is -2.30. The van der Waals surface area contributed by atoms with Gasteiger partial charge in [0.15, 0.2) is 5.01 Å². The van der Waals surface area contributed by atoms with Crippen LogP contribution in [0.25, 0.3) is 0 Å². The fourth-order valence-electron chi connectivity index (χ4n) is 2.07. The number of rotatable bonds is 1. The monoisotopic (exact) mass is 292 g/mol. The largest absolute Gasteiger partial charge is 0.443 e. The van der Waals surface area contributed by atoms with E-state index in [0.29, 0.717) is 30.3 Å². The molecule has 1 aliphatic heterocycles.